The van der Waals surface area contributed by atoms with Crippen molar-refractivity contribution < 1.29 is 18.7 Å². The Hall–Kier alpha value is -1.91. The maximum absolute atomic E-state index is 11.7. The summed E-state index contributed by atoms with van der Waals surface area (Å²) < 4.78 is 9.97. The molecule has 1 aromatic rings. The summed E-state index contributed by atoms with van der Waals surface area (Å²) in [5.41, 5.74) is 0.889. The maximum Gasteiger partial charge on any atom is 0.305 e. The fraction of sp³-hybridized carbons (Fsp3) is 0.632. The second kappa shape index (κ2) is 12.5. The van der Waals surface area contributed by atoms with E-state index in [9.17, 15) is 9.59 Å². The molecule has 0 saturated carbocycles. The number of hydrogen-bond donors (Lipinski definition) is 0. The molecule has 5 nitrogen and oxygen atoms in total. The van der Waals surface area contributed by atoms with Crippen LogP contribution in [0.3, 0.4) is 0 Å². The average molecular weight is 335 g/mol. The van der Waals surface area contributed by atoms with Crippen molar-refractivity contribution in [1.82, 2.24) is 4.98 Å². The number of carbonyl (C=O) groups excluding carboxylic acids is 2. The minimum Gasteiger partial charge on any atom is -0.469 e. The van der Waals surface area contributed by atoms with Crippen molar-refractivity contribution in [1.29, 1.82) is 0 Å². The van der Waals surface area contributed by atoms with E-state index in [2.05, 4.69) is 16.6 Å². The van der Waals surface area contributed by atoms with Gasteiger partial charge in [0.15, 0.2) is 12.2 Å². The van der Waals surface area contributed by atoms with Crippen LogP contribution in [-0.2, 0) is 20.7 Å². The normalized spacial score (nSPS) is 11.1. The monoisotopic (exact) mass is 335 g/mol. The van der Waals surface area contributed by atoms with Gasteiger partial charge in [-0.2, -0.15) is 0 Å². The zero-order valence-electron chi connectivity index (χ0n) is 14.9. The first-order valence-electron chi connectivity index (χ1n) is 8.87. The fourth-order valence-corrected chi connectivity index (χ4v) is 2.42. The Labute approximate surface area is 144 Å². The molecule has 0 aliphatic rings. The lowest BCUT2D eigenvalue weighted by molar-refractivity contribution is -0.140. The van der Waals surface area contributed by atoms with Gasteiger partial charge in [0, 0.05) is 12.8 Å². The number of esters is 1. The number of ether oxygens (including phenoxy) is 1. The number of ketones is 1. The third kappa shape index (κ3) is 8.65. The SMILES string of the molecule is CCCCCC(=O)C=Cc1ocnc1CCCCCCC(=O)OC. The fourth-order valence-electron chi connectivity index (χ4n) is 2.42. The smallest absolute Gasteiger partial charge is 0.305 e. The van der Waals surface area contributed by atoms with Gasteiger partial charge in [0.25, 0.3) is 0 Å². The van der Waals surface area contributed by atoms with Gasteiger partial charge in [0.2, 0.25) is 0 Å². The minimum absolute atomic E-state index is 0.133. The van der Waals surface area contributed by atoms with Crippen molar-refractivity contribution in [3.05, 3.63) is 23.9 Å². The Bertz CT molecular complexity index is 519. The van der Waals surface area contributed by atoms with E-state index in [1.165, 1.54) is 13.5 Å². The van der Waals surface area contributed by atoms with Gasteiger partial charge in [-0.1, -0.05) is 32.6 Å². The van der Waals surface area contributed by atoms with Crippen LogP contribution in [0.25, 0.3) is 6.08 Å². The van der Waals surface area contributed by atoms with Gasteiger partial charge in [-0.05, 0) is 37.8 Å². The summed E-state index contributed by atoms with van der Waals surface area (Å²) in [6.07, 6.45) is 13.6. The Morgan fingerprint density at radius 1 is 1.12 bits per heavy atom. The van der Waals surface area contributed by atoms with E-state index in [0.717, 1.165) is 57.1 Å². The maximum atomic E-state index is 11.7. The van der Waals surface area contributed by atoms with Gasteiger partial charge < -0.3 is 9.15 Å². The van der Waals surface area contributed by atoms with Gasteiger partial charge in [0.05, 0.1) is 12.8 Å². The summed E-state index contributed by atoms with van der Waals surface area (Å²) in [5, 5.41) is 0. The van der Waals surface area contributed by atoms with Crippen molar-refractivity contribution in [2.24, 2.45) is 0 Å². The summed E-state index contributed by atoms with van der Waals surface area (Å²) in [4.78, 5) is 27.0. The molecule has 0 radical (unpaired) electrons. The third-order valence-electron chi connectivity index (χ3n) is 3.89. The van der Waals surface area contributed by atoms with Crippen molar-refractivity contribution in [3.8, 4) is 0 Å². The average Bonchev–Trinajstić information content (AvgIpc) is 3.03. The lowest BCUT2D eigenvalue weighted by Gasteiger charge is -2.00. The molecule has 5 heteroatoms. The minimum atomic E-state index is -0.150. The van der Waals surface area contributed by atoms with Crippen LogP contribution in [0.1, 0.15) is 76.2 Å². The Morgan fingerprint density at radius 3 is 2.62 bits per heavy atom. The molecular formula is C19H29NO4. The summed E-state index contributed by atoms with van der Waals surface area (Å²) in [6.45, 7) is 2.12. The van der Waals surface area contributed by atoms with Gasteiger partial charge in [-0.3, -0.25) is 9.59 Å². The molecule has 0 bridgehead atoms. The molecule has 0 aromatic carbocycles. The molecule has 0 fully saturated rings. The van der Waals surface area contributed by atoms with E-state index < -0.39 is 0 Å². The van der Waals surface area contributed by atoms with E-state index in [1.54, 1.807) is 12.2 Å². The van der Waals surface area contributed by atoms with Crippen LogP contribution in [-0.4, -0.2) is 23.8 Å². The highest BCUT2D eigenvalue weighted by Crippen LogP contribution is 2.14. The van der Waals surface area contributed by atoms with E-state index in [1.807, 2.05) is 0 Å². The standard InChI is InChI=1S/C19H29NO4/c1-3-4-7-10-16(21)13-14-18-17(20-15-24-18)11-8-5-6-9-12-19(22)23-2/h13-15H,3-12H2,1-2H3. The number of carbonyl (C=O) groups is 2. The molecule has 134 valence electrons. The summed E-state index contributed by atoms with van der Waals surface area (Å²) >= 11 is 0. The predicted molar refractivity (Wildman–Crippen MR) is 93.5 cm³/mol. The lowest BCUT2D eigenvalue weighted by Crippen LogP contribution is -1.99. The van der Waals surface area contributed by atoms with Gasteiger partial charge in [-0.15, -0.1) is 0 Å². The zero-order valence-corrected chi connectivity index (χ0v) is 14.9. The lowest BCUT2D eigenvalue weighted by atomic mass is 10.1. The van der Waals surface area contributed by atoms with Crippen LogP contribution in [0.2, 0.25) is 0 Å². The Kier molecular flexibility index (Phi) is 10.5. The van der Waals surface area contributed by atoms with Crippen LogP contribution in [0, 0.1) is 0 Å². The van der Waals surface area contributed by atoms with Crippen LogP contribution in [0.15, 0.2) is 16.9 Å². The highest BCUT2D eigenvalue weighted by molar-refractivity contribution is 5.93. The molecule has 1 rings (SSSR count). The van der Waals surface area contributed by atoms with Gasteiger partial charge >= 0.3 is 5.97 Å². The number of rotatable bonds is 13. The highest BCUT2D eigenvalue weighted by Gasteiger charge is 2.06. The van der Waals surface area contributed by atoms with Crippen molar-refractivity contribution in [2.45, 2.75) is 71.1 Å². The molecule has 1 aromatic heterocycles. The van der Waals surface area contributed by atoms with E-state index in [-0.39, 0.29) is 11.8 Å². The third-order valence-corrected chi connectivity index (χ3v) is 3.89. The molecule has 0 aliphatic heterocycles. The largest absolute Gasteiger partial charge is 0.469 e. The van der Waals surface area contributed by atoms with E-state index in [4.69, 9.17) is 4.42 Å². The van der Waals surface area contributed by atoms with Crippen LogP contribution in [0.4, 0.5) is 0 Å². The molecule has 0 saturated heterocycles. The number of aromatic nitrogens is 1. The molecule has 24 heavy (non-hydrogen) atoms. The quantitative estimate of drug-likeness (QED) is 0.301. The number of unbranched alkanes of at least 4 members (excludes halogenated alkanes) is 5. The second-order valence-corrected chi connectivity index (χ2v) is 5.91. The first-order chi connectivity index (χ1) is 11.7. The van der Waals surface area contributed by atoms with Crippen LogP contribution >= 0.6 is 0 Å². The van der Waals surface area contributed by atoms with Gasteiger partial charge in [-0.25, -0.2) is 4.98 Å². The number of nitrogens with zero attached hydrogens (tertiary/aromatic N) is 1. The predicted octanol–water partition coefficient (Wildman–Crippen LogP) is 4.50. The summed E-state index contributed by atoms with van der Waals surface area (Å²) in [7, 11) is 1.41. The number of methoxy groups -OCH3 is 1. The Morgan fingerprint density at radius 2 is 1.88 bits per heavy atom. The first-order valence-corrected chi connectivity index (χ1v) is 8.87. The number of allylic oxidation sites excluding steroid dienone is 1. The van der Waals surface area contributed by atoms with Gasteiger partial charge in [0.1, 0.15) is 5.76 Å². The van der Waals surface area contributed by atoms with E-state index in [0.29, 0.717) is 18.6 Å². The number of aryl methyl sites for hydroxylation is 1. The molecule has 0 spiro atoms. The van der Waals surface area contributed by atoms with Crippen LogP contribution in [0.5, 0.6) is 0 Å². The second-order valence-electron chi connectivity index (χ2n) is 5.91. The highest BCUT2D eigenvalue weighted by atomic mass is 16.5. The molecule has 0 N–H and O–H groups in total. The molecular weight excluding hydrogens is 306 g/mol. The summed E-state index contributed by atoms with van der Waals surface area (Å²) in [6, 6.07) is 0. The van der Waals surface area contributed by atoms with Crippen molar-refractivity contribution >= 4 is 17.8 Å². The topological polar surface area (TPSA) is 69.4 Å². The number of hydrogen-bond acceptors (Lipinski definition) is 5. The summed E-state index contributed by atoms with van der Waals surface area (Å²) in [5.74, 6) is 0.657. The molecule has 0 atom stereocenters. The van der Waals surface area contributed by atoms with Crippen LogP contribution < -0.4 is 0 Å². The molecule has 0 amide bonds. The zero-order chi connectivity index (χ0) is 17.6. The Balaban J connectivity index is 2.27. The first kappa shape index (κ1) is 20.1. The van der Waals surface area contributed by atoms with E-state index >= 15 is 0 Å². The molecule has 0 aliphatic carbocycles. The van der Waals surface area contributed by atoms with Crippen molar-refractivity contribution in [2.75, 3.05) is 7.11 Å². The molecule has 1 heterocycles. The van der Waals surface area contributed by atoms with Crippen molar-refractivity contribution in [3.63, 3.8) is 0 Å². The number of oxazole rings is 1. The molecule has 0 unspecified atom stereocenters.